The topological polar surface area (TPSA) is 171 Å². The van der Waals surface area contributed by atoms with Crippen LogP contribution in [-0.2, 0) is 14.3 Å². The fraction of sp³-hybridized carbons (Fsp3) is 0.900. The van der Waals surface area contributed by atoms with Gasteiger partial charge in [0.1, 0.15) is 6.61 Å². The van der Waals surface area contributed by atoms with Crippen molar-refractivity contribution in [2.75, 3.05) is 46.1 Å². The Morgan fingerprint density at radius 2 is 1.81 bits per heavy atom. The first-order chi connectivity index (χ1) is 10.1. The highest BCUT2D eigenvalue weighted by molar-refractivity contribution is 5.78. The van der Waals surface area contributed by atoms with Gasteiger partial charge in [0.05, 0.1) is 31.8 Å². The first-order valence-corrected chi connectivity index (χ1v) is 6.32. The van der Waals surface area contributed by atoms with Gasteiger partial charge in [-0.05, 0) is 18.0 Å². The van der Waals surface area contributed by atoms with Crippen molar-refractivity contribution in [2.24, 2.45) is 16.0 Å². The van der Waals surface area contributed by atoms with Crippen molar-refractivity contribution in [3.8, 4) is 0 Å². The van der Waals surface area contributed by atoms with Gasteiger partial charge in [-0.2, -0.15) is 0 Å². The zero-order valence-electron chi connectivity index (χ0n) is 11.9. The molecule has 0 heterocycles. The number of hydrogen-bond donors (Lipinski definition) is 2. The van der Waals surface area contributed by atoms with Crippen LogP contribution in [0.1, 0.15) is 6.92 Å². The van der Waals surface area contributed by atoms with Crippen LogP contribution in [0, 0.1) is 0 Å². The Kier molecular flexibility index (Phi) is 10.6. The smallest absolute Gasteiger partial charge is 0.246 e. The molecular weight excluding hydrogens is 280 g/mol. The molecule has 0 bridgehead atoms. The van der Waals surface area contributed by atoms with Crippen LogP contribution < -0.4 is 11.1 Å². The van der Waals surface area contributed by atoms with Crippen molar-refractivity contribution < 1.29 is 14.3 Å². The van der Waals surface area contributed by atoms with E-state index in [1.54, 1.807) is 0 Å². The lowest BCUT2D eigenvalue weighted by Gasteiger charge is -2.30. The van der Waals surface area contributed by atoms with Crippen LogP contribution in [0.2, 0.25) is 0 Å². The maximum absolute atomic E-state index is 11.8. The molecule has 11 nitrogen and oxygen atoms in total. The highest BCUT2D eigenvalue weighted by Crippen LogP contribution is 2.06. The standard InChI is InChI=1S/C10H20N8O3/c1-2-20-3-4-21-5-9(19)16-10(6-11,7-14-17-12)8-15-18-13/h2-8,11H2,1H3,(H,16,19). The molecule has 0 unspecified atom stereocenters. The number of nitrogens with zero attached hydrogens (tertiary/aromatic N) is 6. The zero-order chi connectivity index (χ0) is 16.0. The molecule has 0 saturated carbocycles. The number of carbonyl (C=O) groups is 1. The SMILES string of the molecule is CCOCCOCC(=O)NC(CN)(CN=[N+]=[N-])CN=[N+]=[N-]. The van der Waals surface area contributed by atoms with Crippen LogP contribution in [0.15, 0.2) is 10.2 Å². The van der Waals surface area contributed by atoms with E-state index >= 15 is 0 Å². The summed E-state index contributed by atoms with van der Waals surface area (Å²) in [5.41, 5.74) is 21.2. The summed E-state index contributed by atoms with van der Waals surface area (Å²) in [6.45, 7) is 2.62. The lowest BCUT2D eigenvalue weighted by atomic mass is 10.0. The summed E-state index contributed by atoms with van der Waals surface area (Å²) in [4.78, 5) is 17.0. The molecule has 21 heavy (non-hydrogen) atoms. The second-order valence-electron chi connectivity index (χ2n) is 4.06. The van der Waals surface area contributed by atoms with E-state index in [2.05, 4.69) is 25.4 Å². The summed E-state index contributed by atoms with van der Waals surface area (Å²) in [6.07, 6.45) is 0. The van der Waals surface area contributed by atoms with Gasteiger partial charge in [-0.25, -0.2) is 0 Å². The molecule has 0 aromatic carbocycles. The van der Waals surface area contributed by atoms with Gasteiger partial charge in [0.15, 0.2) is 0 Å². The average molecular weight is 300 g/mol. The molecule has 11 heteroatoms. The van der Waals surface area contributed by atoms with Gasteiger partial charge < -0.3 is 20.5 Å². The molecule has 0 saturated heterocycles. The largest absolute Gasteiger partial charge is 0.379 e. The minimum Gasteiger partial charge on any atom is -0.379 e. The molecule has 0 spiro atoms. The second kappa shape index (κ2) is 11.8. The van der Waals surface area contributed by atoms with Crippen LogP contribution in [0.3, 0.4) is 0 Å². The van der Waals surface area contributed by atoms with Crippen molar-refractivity contribution in [3.63, 3.8) is 0 Å². The van der Waals surface area contributed by atoms with Crippen LogP contribution >= 0.6 is 0 Å². The molecule has 0 atom stereocenters. The molecule has 0 aliphatic rings. The Balaban J connectivity index is 4.45. The number of azide groups is 2. The maximum Gasteiger partial charge on any atom is 0.246 e. The van der Waals surface area contributed by atoms with Crippen LogP contribution in [0.4, 0.5) is 0 Å². The minimum absolute atomic E-state index is 0.0459. The van der Waals surface area contributed by atoms with Gasteiger partial charge in [0.2, 0.25) is 5.91 Å². The molecule has 0 aromatic heterocycles. The van der Waals surface area contributed by atoms with E-state index < -0.39 is 11.4 Å². The number of rotatable bonds is 12. The molecule has 1 amide bonds. The quantitative estimate of drug-likeness (QED) is 0.231. The number of nitrogens with one attached hydrogen (secondary N) is 1. The Hall–Kier alpha value is -2.03. The molecule has 0 fully saturated rings. The van der Waals surface area contributed by atoms with Gasteiger partial charge >= 0.3 is 0 Å². The average Bonchev–Trinajstić information content (AvgIpc) is 2.50. The molecule has 118 valence electrons. The Morgan fingerprint density at radius 3 is 2.29 bits per heavy atom. The Bertz CT molecular complexity index is 383. The van der Waals surface area contributed by atoms with Crippen LogP contribution in [0.25, 0.3) is 20.9 Å². The Labute approximate surface area is 122 Å². The van der Waals surface area contributed by atoms with Crippen molar-refractivity contribution in [2.45, 2.75) is 12.5 Å². The van der Waals surface area contributed by atoms with Gasteiger partial charge in [0, 0.05) is 23.0 Å². The number of amides is 1. The van der Waals surface area contributed by atoms with E-state index in [1.807, 2.05) is 6.92 Å². The lowest BCUT2D eigenvalue weighted by Crippen LogP contribution is -2.59. The van der Waals surface area contributed by atoms with Gasteiger partial charge in [0.25, 0.3) is 0 Å². The number of ether oxygens (including phenoxy) is 2. The van der Waals surface area contributed by atoms with Gasteiger partial charge in [-0.3, -0.25) is 4.79 Å². The molecule has 0 rings (SSSR count). The molecule has 0 aliphatic heterocycles. The van der Waals surface area contributed by atoms with E-state index in [4.69, 9.17) is 26.3 Å². The van der Waals surface area contributed by atoms with E-state index in [0.29, 0.717) is 13.2 Å². The first kappa shape index (κ1) is 19.0. The third-order valence-electron chi connectivity index (χ3n) is 2.48. The third kappa shape index (κ3) is 8.69. The van der Waals surface area contributed by atoms with Crippen LogP contribution in [-0.4, -0.2) is 57.5 Å². The molecule has 0 aliphatic carbocycles. The third-order valence-corrected chi connectivity index (χ3v) is 2.48. The summed E-state index contributed by atoms with van der Waals surface area (Å²) >= 11 is 0. The molecule has 3 N–H and O–H groups in total. The number of carbonyl (C=O) groups excluding carboxylic acids is 1. The summed E-state index contributed by atoms with van der Waals surface area (Å²) < 4.78 is 10.2. The lowest BCUT2D eigenvalue weighted by molar-refractivity contribution is -0.127. The van der Waals surface area contributed by atoms with Gasteiger partial charge in [-0.15, -0.1) is 0 Å². The molecule has 0 aromatic rings. The predicted molar refractivity (Wildman–Crippen MR) is 75.3 cm³/mol. The van der Waals surface area contributed by atoms with E-state index in [0.717, 1.165) is 0 Å². The van der Waals surface area contributed by atoms with Crippen molar-refractivity contribution in [3.05, 3.63) is 20.9 Å². The number of nitrogens with two attached hydrogens (primary N) is 1. The van der Waals surface area contributed by atoms with Crippen molar-refractivity contribution in [1.29, 1.82) is 0 Å². The summed E-state index contributed by atoms with van der Waals surface area (Å²) in [7, 11) is 0. The second-order valence-corrected chi connectivity index (χ2v) is 4.06. The highest BCUT2D eigenvalue weighted by Gasteiger charge is 2.29. The monoisotopic (exact) mass is 300 g/mol. The molecule has 0 radical (unpaired) electrons. The van der Waals surface area contributed by atoms with E-state index in [-0.39, 0.29) is 32.8 Å². The van der Waals surface area contributed by atoms with E-state index in [9.17, 15) is 4.79 Å². The summed E-state index contributed by atoms with van der Waals surface area (Å²) in [6, 6.07) is 0. The van der Waals surface area contributed by atoms with Crippen molar-refractivity contribution >= 4 is 5.91 Å². The van der Waals surface area contributed by atoms with Gasteiger partial charge in [-0.1, -0.05) is 10.2 Å². The normalized spacial score (nSPS) is 12.7. The Morgan fingerprint density at radius 1 is 1.24 bits per heavy atom. The first-order valence-electron chi connectivity index (χ1n) is 6.32. The fourth-order valence-corrected chi connectivity index (χ4v) is 1.40. The van der Waals surface area contributed by atoms with Crippen LogP contribution in [0.5, 0.6) is 0 Å². The highest BCUT2D eigenvalue weighted by atomic mass is 16.5. The summed E-state index contributed by atoms with van der Waals surface area (Å²) in [5.74, 6) is -0.446. The fourth-order valence-electron chi connectivity index (χ4n) is 1.40. The predicted octanol–water partition coefficient (Wildman–Crippen LogP) is 0.474. The van der Waals surface area contributed by atoms with Crippen molar-refractivity contribution in [1.82, 2.24) is 5.32 Å². The van der Waals surface area contributed by atoms with E-state index in [1.165, 1.54) is 0 Å². The summed E-state index contributed by atoms with van der Waals surface area (Å²) in [5, 5.41) is 9.35. The number of hydrogen-bond acceptors (Lipinski definition) is 6. The maximum atomic E-state index is 11.8. The minimum atomic E-state index is -1.11. The zero-order valence-corrected chi connectivity index (χ0v) is 11.9. The molecular formula is C10H20N8O3.